The number of ether oxygens (including phenoxy) is 1. The Morgan fingerprint density at radius 1 is 1.53 bits per heavy atom. The summed E-state index contributed by atoms with van der Waals surface area (Å²) in [6, 6.07) is 2.14. The molecule has 1 aromatic rings. The zero-order valence-corrected chi connectivity index (χ0v) is 9.66. The van der Waals surface area contributed by atoms with Crippen LogP contribution in [0, 0.1) is 0 Å². The van der Waals surface area contributed by atoms with Gasteiger partial charge in [0.1, 0.15) is 0 Å². The quantitative estimate of drug-likeness (QED) is 0.781. The monoisotopic (exact) mass is 209 g/mol. The topological polar surface area (TPSA) is 47.0 Å². The lowest BCUT2D eigenvalue weighted by molar-refractivity contribution is 0.397. The zero-order chi connectivity index (χ0) is 11.1. The maximum Gasteiger partial charge on any atom is 0.226 e. The van der Waals surface area contributed by atoms with Crippen molar-refractivity contribution in [2.45, 2.75) is 39.2 Å². The van der Waals surface area contributed by atoms with Gasteiger partial charge in [-0.15, -0.1) is 0 Å². The van der Waals surface area contributed by atoms with Gasteiger partial charge < -0.3 is 10.1 Å². The van der Waals surface area contributed by atoms with E-state index in [9.17, 15) is 0 Å². The van der Waals surface area contributed by atoms with Crippen LogP contribution in [-0.4, -0.2) is 23.1 Å². The van der Waals surface area contributed by atoms with Crippen molar-refractivity contribution in [3.63, 3.8) is 0 Å². The summed E-state index contributed by atoms with van der Waals surface area (Å²) in [4.78, 5) is 8.33. The summed E-state index contributed by atoms with van der Waals surface area (Å²) in [5.74, 6) is 1.23. The van der Waals surface area contributed by atoms with Crippen molar-refractivity contribution in [1.82, 2.24) is 9.97 Å². The van der Waals surface area contributed by atoms with Gasteiger partial charge in [-0.3, -0.25) is 0 Å². The van der Waals surface area contributed by atoms with E-state index in [4.69, 9.17) is 4.74 Å². The fourth-order valence-electron chi connectivity index (χ4n) is 1.33. The molecule has 1 unspecified atom stereocenters. The van der Waals surface area contributed by atoms with Gasteiger partial charge in [0, 0.05) is 18.3 Å². The minimum absolute atomic E-state index is 0.400. The van der Waals surface area contributed by atoms with Crippen LogP contribution in [0.4, 0.5) is 5.95 Å². The molecule has 0 saturated heterocycles. The summed E-state index contributed by atoms with van der Waals surface area (Å²) in [5, 5.41) is 3.25. The molecule has 0 spiro atoms. The Bertz CT molecular complexity index is 291. The number of unbranched alkanes of at least 4 members (excludes halogenated alkanes) is 1. The molecule has 0 radical (unpaired) electrons. The number of anilines is 1. The summed E-state index contributed by atoms with van der Waals surface area (Å²) < 4.78 is 5.03. The van der Waals surface area contributed by atoms with Crippen LogP contribution in [0.1, 0.15) is 33.1 Å². The molecule has 4 nitrogen and oxygen atoms in total. The molecule has 84 valence electrons. The molecular weight excluding hydrogens is 190 g/mol. The van der Waals surface area contributed by atoms with Crippen LogP contribution in [0.5, 0.6) is 5.88 Å². The first-order valence-electron chi connectivity index (χ1n) is 5.39. The molecule has 0 bridgehead atoms. The minimum atomic E-state index is 0.400. The summed E-state index contributed by atoms with van der Waals surface area (Å²) in [5.41, 5.74) is 0. The first-order chi connectivity index (χ1) is 7.26. The maximum atomic E-state index is 5.03. The molecule has 4 heteroatoms. The van der Waals surface area contributed by atoms with Gasteiger partial charge in [-0.05, 0) is 13.3 Å². The highest BCUT2D eigenvalue weighted by Crippen LogP contribution is 2.10. The molecule has 0 saturated carbocycles. The van der Waals surface area contributed by atoms with E-state index in [0.717, 1.165) is 6.42 Å². The normalized spacial score (nSPS) is 12.2. The molecule has 1 atom stereocenters. The maximum absolute atomic E-state index is 5.03. The van der Waals surface area contributed by atoms with Crippen molar-refractivity contribution < 1.29 is 4.74 Å². The molecule has 0 aliphatic rings. The zero-order valence-electron chi connectivity index (χ0n) is 9.66. The van der Waals surface area contributed by atoms with Crippen molar-refractivity contribution >= 4 is 5.95 Å². The molecule has 0 aliphatic carbocycles. The Morgan fingerprint density at radius 3 is 3.00 bits per heavy atom. The van der Waals surface area contributed by atoms with Crippen LogP contribution in [-0.2, 0) is 0 Å². The second kappa shape index (κ2) is 6.22. The minimum Gasteiger partial charge on any atom is -0.481 e. The smallest absolute Gasteiger partial charge is 0.226 e. The van der Waals surface area contributed by atoms with E-state index < -0.39 is 0 Å². The Labute approximate surface area is 91.1 Å². The van der Waals surface area contributed by atoms with Crippen molar-refractivity contribution in [2.75, 3.05) is 12.4 Å². The van der Waals surface area contributed by atoms with Crippen LogP contribution in [0.3, 0.4) is 0 Å². The Balaban J connectivity index is 2.48. The van der Waals surface area contributed by atoms with Gasteiger partial charge in [0.2, 0.25) is 11.8 Å². The molecule has 1 aromatic heterocycles. The van der Waals surface area contributed by atoms with Crippen LogP contribution in [0.2, 0.25) is 0 Å². The lowest BCUT2D eigenvalue weighted by Crippen LogP contribution is -2.16. The molecule has 0 fully saturated rings. The van der Waals surface area contributed by atoms with Crippen LogP contribution in [0.25, 0.3) is 0 Å². The van der Waals surface area contributed by atoms with E-state index in [-0.39, 0.29) is 0 Å². The number of nitrogens with zero attached hydrogens (tertiary/aromatic N) is 2. The Hall–Kier alpha value is -1.32. The fraction of sp³-hybridized carbons (Fsp3) is 0.636. The molecule has 0 amide bonds. The highest BCUT2D eigenvalue weighted by Gasteiger charge is 2.04. The number of rotatable bonds is 6. The second-order valence-corrected chi connectivity index (χ2v) is 3.61. The lowest BCUT2D eigenvalue weighted by Gasteiger charge is -2.13. The van der Waals surface area contributed by atoms with Crippen LogP contribution in [0.15, 0.2) is 12.3 Å². The van der Waals surface area contributed by atoms with E-state index in [0.29, 0.717) is 17.9 Å². The largest absolute Gasteiger partial charge is 0.481 e. The van der Waals surface area contributed by atoms with Gasteiger partial charge in [0.15, 0.2) is 0 Å². The van der Waals surface area contributed by atoms with Crippen LogP contribution >= 0.6 is 0 Å². The second-order valence-electron chi connectivity index (χ2n) is 3.61. The van der Waals surface area contributed by atoms with Crippen molar-refractivity contribution in [2.24, 2.45) is 0 Å². The van der Waals surface area contributed by atoms with Gasteiger partial charge >= 0.3 is 0 Å². The fourth-order valence-corrected chi connectivity index (χ4v) is 1.33. The molecular formula is C11H19N3O. The summed E-state index contributed by atoms with van der Waals surface area (Å²) in [6.45, 7) is 4.33. The highest BCUT2D eigenvalue weighted by atomic mass is 16.5. The predicted octanol–water partition coefficient (Wildman–Crippen LogP) is 2.48. The average Bonchev–Trinajstić information content (AvgIpc) is 2.26. The van der Waals surface area contributed by atoms with Gasteiger partial charge in [-0.1, -0.05) is 19.8 Å². The molecule has 1 rings (SSSR count). The number of aromatic nitrogens is 2. The standard InChI is InChI=1S/C11H19N3O/c1-4-5-6-9(2)13-11-12-8-7-10(14-11)15-3/h7-9H,4-6H2,1-3H3,(H,12,13,14). The SMILES string of the molecule is CCCCC(C)Nc1nccc(OC)n1. The third-order valence-electron chi connectivity index (χ3n) is 2.21. The van der Waals surface area contributed by atoms with E-state index in [1.807, 2.05) is 0 Å². The third-order valence-corrected chi connectivity index (χ3v) is 2.21. The van der Waals surface area contributed by atoms with Gasteiger partial charge in [-0.2, -0.15) is 4.98 Å². The van der Waals surface area contributed by atoms with E-state index in [1.54, 1.807) is 19.4 Å². The first-order valence-corrected chi connectivity index (χ1v) is 5.39. The van der Waals surface area contributed by atoms with E-state index in [2.05, 4.69) is 29.1 Å². The third kappa shape index (κ3) is 4.14. The van der Waals surface area contributed by atoms with Crippen LogP contribution < -0.4 is 10.1 Å². The van der Waals surface area contributed by atoms with Gasteiger partial charge in [-0.25, -0.2) is 4.98 Å². The predicted molar refractivity (Wildman–Crippen MR) is 61.2 cm³/mol. The number of nitrogens with one attached hydrogen (secondary N) is 1. The summed E-state index contributed by atoms with van der Waals surface area (Å²) in [7, 11) is 1.60. The lowest BCUT2D eigenvalue weighted by atomic mass is 10.1. The summed E-state index contributed by atoms with van der Waals surface area (Å²) in [6.07, 6.45) is 5.26. The Morgan fingerprint density at radius 2 is 2.33 bits per heavy atom. The van der Waals surface area contributed by atoms with Crippen molar-refractivity contribution in [3.05, 3.63) is 12.3 Å². The molecule has 15 heavy (non-hydrogen) atoms. The summed E-state index contributed by atoms with van der Waals surface area (Å²) >= 11 is 0. The van der Waals surface area contributed by atoms with E-state index >= 15 is 0 Å². The number of hydrogen-bond acceptors (Lipinski definition) is 4. The highest BCUT2D eigenvalue weighted by molar-refractivity contribution is 5.28. The van der Waals surface area contributed by atoms with Gasteiger partial charge in [0.25, 0.3) is 0 Å². The molecule has 0 aliphatic heterocycles. The van der Waals surface area contributed by atoms with Gasteiger partial charge in [0.05, 0.1) is 7.11 Å². The number of hydrogen-bond donors (Lipinski definition) is 1. The molecule has 1 N–H and O–H groups in total. The number of methoxy groups -OCH3 is 1. The molecule has 1 heterocycles. The first kappa shape index (κ1) is 11.8. The Kier molecular flexibility index (Phi) is 4.87. The van der Waals surface area contributed by atoms with Crippen molar-refractivity contribution in [1.29, 1.82) is 0 Å². The average molecular weight is 209 g/mol. The molecule has 0 aromatic carbocycles. The van der Waals surface area contributed by atoms with Crippen molar-refractivity contribution in [3.8, 4) is 5.88 Å². The van der Waals surface area contributed by atoms with E-state index in [1.165, 1.54) is 12.8 Å².